The molecule has 0 aromatic carbocycles. The van der Waals surface area contributed by atoms with Gasteiger partial charge in [-0.2, -0.15) is 0 Å². The topological polar surface area (TPSA) is 60.7 Å². The summed E-state index contributed by atoms with van der Waals surface area (Å²) in [5, 5.41) is 27.6. The highest BCUT2D eigenvalue weighted by Gasteiger charge is 2.43. The third kappa shape index (κ3) is 2.40. The summed E-state index contributed by atoms with van der Waals surface area (Å²) in [4.78, 5) is 0. The van der Waals surface area contributed by atoms with Gasteiger partial charge < -0.3 is 19.8 Å². The molecule has 0 aliphatic carbocycles. The summed E-state index contributed by atoms with van der Waals surface area (Å²) < 4.78 is 0.438. The molecule has 4 heteroatoms. The fraction of sp³-hybridized carbons (Fsp3) is 1.00. The molecule has 0 radical (unpaired) electrons. The van der Waals surface area contributed by atoms with Crippen LogP contribution >= 0.6 is 0 Å². The first kappa shape index (κ1) is 12.8. The zero-order valence-electron chi connectivity index (χ0n) is 8.82. The van der Waals surface area contributed by atoms with Gasteiger partial charge in [0.25, 0.3) is 0 Å². The maximum absolute atomic E-state index is 9.20. The Labute approximate surface area is 80.0 Å². The van der Waals surface area contributed by atoms with E-state index in [0.29, 0.717) is 4.48 Å². The lowest BCUT2D eigenvalue weighted by molar-refractivity contribution is -0.943. The van der Waals surface area contributed by atoms with Gasteiger partial charge in [-0.15, -0.1) is 0 Å². The molecule has 0 amide bonds. The lowest BCUT2D eigenvalue weighted by Crippen LogP contribution is -2.66. The Morgan fingerprint density at radius 3 is 1.62 bits per heavy atom. The van der Waals surface area contributed by atoms with E-state index in [0.717, 1.165) is 13.0 Å². The average Bonchev–Trinajstić information content (AvgIpc) is 2.07. The monoisotopic (exact) mass is 192 g/mol. The van der Waals surface area contributed by atoms with Crippen molar-refractivity contribution >= 4 is 0 Å². The van der Waals surface area contributed by atoms with E-state index in [4.69, 9.17) is 0 Å². The molecule has 80 valence electrons. The van der Waals surface area contributed by atoms with E-state index in [1.54, 1.807) is 0 Å². The lowest BCUT2D eigenvalue weighted by Gasteiger charge is -2.45. The molecule has 0 spiro atoms. The second-order valence-corrected chi connectivity index (χ2v) is 4.11. The van der Waals surface area contributed by atoms with Gasteiger partial charge in [0.05, 0.1) is 20.6 Å². The molecule has 4 nitrogen and oxygen atoms in total. The minimum Gasteiger partial charge on any atom is -0.390 e. The molecule has 0 bridgehead atoms. The molecule has 0 aromatic heterocycles. The molecule has 13 heavy (non-hydrogen) atoms. The van der Waals surface area contributed by atoms with Crippen molar-refractivity contribution in [2.75, 3.05) is 40.5 Å². The average molecular weight is 192 g/mol. The Hall–Kier alpha value is -0.160. The van der Waals surface area contributed by atoms with Crippen LogP contribution < -0.4 is 0 Å². The predicted octanol–water partition coefficient (Wildman–Crippen LogP) is -0.811. The quantitative estimate of drug-likeness (QED) is 0.482. The zero-order valence-corrected chi connectivity index (χ0v) is 8.82. The van der Waals surface area contributed by atoms with Crippen molar-refractivity contribution in [1.82, 2.24) is 0 Å². The van der Waals surface area contributed by atoms with Gasteiger partial charge in [0.1, 0.15) is 19.8 Å². The van der Waals surface area contributed by atoms with Crippen LogP contribution in [0.3, 0.4) is 0 Å². The third-order valence-electron chi connectivity index (χ3n) is 2.95. The second kappa shape index (κ2) is 4.91. The smallest absolute Gasteiger partial charge is 0.168 e. The lowest BCUT2D eigenvalue weighted by atomic mass is 9.98. The Balaban J connectivity index is 4.68. The van der Waals surface area contributed by atoms with Crippen LogP contribution in [0, 0.1) is 0 Å². The van der Waals surface area contributed by atoms with Crippen LogP contribution in [0.4, 0.5) is 0 Å². The first-order chi connectivity index (χ1) is 5.99. The number of likely N-dealkylation sites (N-methyl/N-ethyl adjacent to an activating group) is 1. The summed E-state index contributed by atoms with van der Waals surface area (Å²) in [7, 11) is 3.82. The fourth-order valence-corrected chi connectivity index (χ4v) is 1.52. The summed E-state index contributed by atoms with van der Waals surface area (Å²) >= 11 is 0. The van der Waals surface area contributed by atoms with Crippen LogP contribution in [0.25, 0.3) is 0 Å². The largest absolute Gasteiger partial charge is 0.390 e. The Morgan fingerprint density at radius 2 is 1.38 bits per heavy atom. The standard InChI is InChI=1S/C9H22NO3/c1-4-5-10(2,3)9(6-11,7-12)8-13/h11-13H,4-8H2,1-3H3/q+1. The zero-order chi connectivity index (χ0) is 10.5. The maximum atomic E-state index is 9.20. The molecule has 0 aromatic rings. The van der Waals surface area contributed by atoms with E-state index >= 15 is 0 Å². The molecule has 0 fully saturated rings. The first-order valence-electron chi connectivity index (χ1n) is 4.65. The van der Waals surface area contributed by atoms with Gasteiger partial charge in [0, 0.05) is 0 Å². The SMILES string of the molecule is CCC[N+](C)(C)C(CO)(CO)CO. The van der Waals surface area contributed by atoms with Crippen LogP contribution in [0.5, 0.6) is 0 Å². The molecule has 0 aliphatic rings. The number of hydrogen-bond donors (Lipinski definition) is 3. The molecule has 3 N–H and O–H groups in total. The van der Waals surface area contributed by atoms with E-state index in [1.165, 1.54) is 0 Å². The molecule has 0 aliphatic heterocycles. The maximum Gasteiger partial charge on any atom is 0.168 e. The van der Waals surface area contributed by atoms with Crippen molar-refractivity contribution in [3.63, 3.8) is 0 Å². The molecule has 0 saturated carbocycles. The van der Waals surface area contributed by atoms with Crippen molar-refractivity contribution in [2.45, 2.75) is 18.9 Å². The highest BCUT2D eigenvalue weighted by Crippen LogP contribution is 2.20. The minimum atomic E-state index is -0.823. The third-order valence-corrected chi connectivity index (χ3v) is 2.95. The van der Waals surface area contributed by atoms with Crippen molar-refractivity contribution < 1.29 is 19.8 Å². The molecule has 0 rings (SSSR count). The summed E-state index contributed by atoms with van der Waals surface area (Å²) in [6.07, 6.45) is 0.953. The highest BCUT2D eigenvalue weighted by molar-refractivity contribution is 4.78. The Morgan fingerprint density at radius 1 is 1.00 bits per heavy atom. The normalized spacial score (nSPS) is 13.4. The molecular weight excluding hydrogens is 170 g/mol. The van der Waals surface area contributed by atoms with E-state index in [1.807, 2.05) is 21.0 Å². The Kier molecular flexibility index (Phi) is 4.85. The number of aliphatic hydroxyl groups excluding tert-OH is 3. The van der Waals surface area contributed by atoms with Crippen molar-refractivity contribution in [2.24, 2.45) is 0 Å². The van der Waals surface area contributed by atoms with Gasteiger partial charge >= 0.3 is 0 Å². The molecule has 0 unspecified atom stereocenters. The van der Waals surface area contributed by atoms with Crippen LogP contribution in [0.15, 0.2) is 0 Å². The fourth-order valence-electron chi connectivity index (χ4n) is 1.52. The van der Waals surface area contributed by atoms with Crippen LogP contribution in [0.1, 0.15) is 13.3 Å². The van der Waals surface area contributed by atoms with Gasteiger partial charge in [0.2, 0.25) is 0 Å². The number of nitrogens with zero attached hydrogens (tertiary/aromatic N) is 1. The minimum absolute atomic E-state index is 0.201. The first-order valence-corrected chi connectivity index (χ1v) is 4.65. The van der Waals surface area contributed by atoms with E-state index in [9.17, 15) is 15.3 Å². The molecule has 0 heterocycles. The van der Waals surface area contributed by atoms with Gasteiger partial charge in [-0.05, 0) is 6.42 Å². The van der Waals surface area contributed by atoms with E-state index < -0.39 is 5.54 Å². The second-order valence-electron chi connectivity index (χ2n) is 4.11. The summed E-state index contributed by atoms with van der Waals surface area (Å²) in [5.41, 5.74) is -0.823. The van der Waals surface area contributed by atoms with E-state index in [2.05, 4.69) is 0 Å². The van der Waals surface area contributed by atoms with Crippen LogP contribution in [-0.2, 0) is 0 Å². The van der Waals surface area contributed by atoms with Crippen LogP contribution in [-0.4, -0.2) is 65.8 Å². The van der Waals surface area contributed by atoms with E-state index in [-0.39, 0.29) is 19.8 Å². The Bertz CT molecular complexity index is 136. The van der Waals surface area contributed by atoms with Gasteiger partial charge in [0.15, 0.2) is 5.54 Å². The highest BCUT2D eigenvalue weighted by atomic mass is 16.3. The number of hydrogen-bond acceptors (Lipinski definition) is 3. The summed E-state index contributed by atoms with van der Waals surface area (Å²) in [5.74, 6) is 0. The molecular formula is C9H22NO3+. The summed E-state index contributed by atoms with van der Waals surface area (Å²) in [6, 6.07) is 0. The summed E-state index contributed by atoms with van der Waals surface area (Å²) in [6.45, 7) is 2.26. The van der Waals surface area contributed by atoms with Gasteiger partial charge in [-0.25, -0.2) is 0 Å². The number of aliphatic hydroxyl groups is 3. The predicted molar refractivity (Wildman–Crippen MR) is 51.3 cm³/mol. The van der Waals surface area contributed by atoms with Gasteiger partial charge in [-0.3, -0.25) is 0 Å². The molecule has 0 atom stereocenters. The van der Waals surface area contributed by atoms with Crippen LogP contribution in [0.2, 0.25) is 0 Å². The number of rotatable bonds is 6. The van der Waals surface area contributed by atoms with Crippen molar-refractivity contribution in [3.8, 4) is 0 Å². The number of quaternary nitrogens is 1. The van der Waals surface area contributed by atoms with Crippen molar-refractivity contribution in [1.29, 1.82) is 0 Å². The van der Waals surface area contributed by atoms with Gasteiger partial charge in [-0.1, -0.05) is 6.92 Å². The molecule has 0 saturated heterocycles. The van der Waals surface area contributed by atoms with Crippen molar-refractivity contribution in [3.05, 3.63) is 0 Å².